The molecule has 0 radical (unpaired) electrons. The van der Waals surface area contributed by atoms with Crippen molar-refractivity contribution in [3.05, 3.63) is 0 Å². The molecule has 3 aliphatic carbocycles. The van der Waals surface area contributed by atoms with Gasteiger partial charge >= 0.3 is 0 Å². The van der Waals surface area contributed by atoms with Gasteiger partial charge in [-0.2, -0.15) is 0 Å². The van der Waals surface area contributed by atoms with E-state index in [9.17, 15) is 10.2 Å². The highest BCUT2D eigenvalue weighted by atomic mass is 16.6. The molecule has 0 aromatic rings. The molecular weight excluding hydrogens is 328 g/mol. The van der Waals surface area contributed by atoms with Gasteiger partial charge in [0.05, 0.1) is 12.2 Å². The summed E-state index contributed by atoms with van der Waals surface area (Å²) < 4.78 is 11.3. The maximum absolute atomic E-state index is 9.51. The van der Waals surface area contributed by atoms with E-state index in [4.69, 9.17) is 9.47 Å². The molecule has 26 heavy (non-hydrogen) atoms. The Kier molecular flexibility index (Phi) is 7.40. The summed E-state index contributed by atoms with van der Waals surface area (Å²) in [6.45, 7) is 3.45. The first-order valence-electron chi connectivity index (χ1n) is 11.2. The van der Waals surface area contributed by atoms with Gasteiger partial charge in [-0.25, -0.2) is 0 Å². The number of hydrogen-bond donors (Lipinski definition) is 2. The molecule has 0 saturated heterocycles. The van der Waals surface area contributed by atoms with Gasteiger partial charge in [-0.05, 0) is 95.3 Å². The molecular formula is C22H40O4. The zero-order valence-corrected chi connectivity index (χ0v) is 16.9. The zero-order chi connectivity index (χ0) is 18.6. The Bertz CT molecular complexity index is 368. The fraction of sp³-hybridized carbons (Fsp3) is 1.00. The topological polar surface area (TPSA) is 58.9 Å². The van der Waals surface area contributed by atoms with E-state index < -0.39 is 12.6 Å². The van der Waals surface area contributed by atoms with E-state index in [0.717, 1.165) is 37.5 Å². The molecule has 3 rings (SSSR count). The lowest BCUT2D eigenvalue weighted by Gasteiger charge is -2.53. The van der Waals surface area contributed by atoms with Crippen molar-refractivity contribution < 1.29 is 19.7 Å². The van der Waals surface area contributed by atoms with Crippen LogP contribution in [-0.2, 0) is 9.47 Å². The quantitative estimate of drug-likeness (QED) is 0.663. The number of aliphatic hydroxyl groups is 2. The van der Waals surface area contributed by atoms with Crippen LogP contribution in [0.15, 0.2) is 0 Å². The average Bonchev–Trinajstić information content (AvgIpc) is 2.62. The molecule has 4 nitrogen and oxygen atoms in total. The lowest BCUT2D eigenvalue weighted by molar-refractivity contribution is -0.150. The van der Waals surface area contributed by atoms with Crippen LogP contribution in [0.2, 0.25) is 0 Å². The molecule has 3 aliphatic rings. The van der Waals surface area contributed by atoms with E-state index >= 15 is 0 Å². The molecule has 3 fully saturated rings. The molecule has 0 bridgehead atoms. The van der Waals surface area contributed by atoms with Gasteiger partial charge in [0.2, 0.25) is 0 Å². The molecule has 0 heterocycles. The Morgan fingerprint density at radius 2 is 1.04 bits per heavy atom. The second-order valence-corrected chi connectivity index (χ2v) is 9.21. The van der Waals surface area contributed by atoms with Gasteiger partial charge < -0.3 is 19.7 Å². The second kappa shape index (κ2) is 9.36. The second-order valence-electron chi connectivity index (χ2n) is 9.21. The molecule has 0 amide bonds. The maximum atomic E-state index is 9.51. The third-order valence-corrected chi connectivity index (χ3v) is 7.54. The summed E-state index contributed by atoms with van der Waals surface area (Å²) in [5.74, 6) is 1.66. The molecule has 2 N–H and O–H groups in total. The van der Waals surface area contributed by atoms with Crippen molar-refractivity contribution in [3.63, 3.8) is 0 Å². The summed E-state index contributed by atoms with van der Waals surface area (Å²) in [6, 6.07) is 0. The van der Waals surface area contributed by atoms with E-state index in [-0.39, 0.29) is 12.2 Å². The summed E-state index contributed by atoms with van der Waals surface area (Å²) in [6.07, 6.45) is 15.7. The minimum absolute atomic E-state index is 0.252. The predicted molar refractivity (Wildman–Crippen MR) is 103 cm³/mol. The minimum atomic E-state index is -0.635. The third-order valence-electron chi connectivity index (χ3n) is 7.54. The summed E-state index contributed by atoms with van der Waals surface area (Å²) in [5.41, 5.74) is 0.532. The first-order chi connectivity index (χ1) is 12.5. The van der Waals surface area contributed by atoms with Crippen LogP contribution >= 0.6 is 0 Å². The molecule has 4 heteroatoms. The largest absolute Gasteiger partial charge is 0.368 e. The lowest BCUT2D eigenvalue weighted by Crippen LogP contribution is -2.44. The number of ether oxygens (including phenoxy) is 2. The van der Waals surface area contributed by atoms with Crippen molar-refractivity contribution in [3.8, 4) is 0 Å². The molecule has 152 valence electrons. The van der Waals surface area contributed by atoms with Gasteiger partial charge in [0.15, 0.2) is 12.6 Å². The summed E-state index contributed by atoms with van der Waals surface area (Å²) in [5, 5.41) is 19.0. The maximum Gasteiger partial charge on any atom is 0.152 e. The van der Waals surface area contributed by atoms with Crippen LogP contribution in [0.4, 0.5) is 0 Å². The predicted octanol–water partition coefficient (Wildman–Crippen LogP) is 4.76. The average molecular weight is 369 g/mol. The van der Waals surface area contributed by atoms with Crippen LogP contribution in [0.1, 0.15) is 97.3 Å². The van der Waals surface area contributed by atoms with Crippen LogP contribution in [0.3, 0.4) is 0 Å². The third kappa shape index (κ3) is 5.01. The standard InChI is InChI=1S/C22H40O4/c1-16(23)25-20-10-6-18(7-11-20)22(14-4-3-5-15-22)19-8-12-21(13-9-19)26-17(2)24/h16-21,23-24H,3-15H2,1-2H3. The minimum Gasteiger partial charge on any atom is -0.368 e. The van der Waals surface area contributed by atoms with E-state index in [1.54, 1.807) is 13.8 Å². The van der Waals surface area contributed by atoms with Gasteiger partial charge in [0.1, 0.15) is 0 Å². The van der Waals surface area contributed by atoms with Gasteiger partial charge in [0.25, 0.3) is 0 Å². The smallest absolute Gasteiger partial charge is 0.152 e. The van der Waals surface area contributed by atoms with Crippen molar-refractivity contribution in [2.24, 2.45) is 17.3 Å². The molecule has 0 aliphatic heterocycles. The van der Waals surface area contributed by atoms with Crippen molar-refractivity contribution in [2.75, 3.05) is 0 Å². The van der Waals surface area contributed by atoms with E-state index in [0.29, 0.717) is 5.41 Å². The summed E-state index contributed by atoms with van der Waals surface area (Å²) in [7, 11) is 0. The summed E-state index contributed by atoms with van der Waals surface area (Å²) >= 11 is 0. The monoisotopic (exact) mass is 368 g/mol. The molecule has 2 atom stereocenters. The Morgan fingerprint density at radius 3 is 1.38 bits per heavy atom. The van der Waals surface area contributed by atoms with Crippen LogP contribution in [0.5, 0.6) is 0 Å². The van der Waals surface area contributed by atoms with Gasteiger partial charge in [-0.1, -0.05) is 19.3 Å². The fourth-order valence-corrected chi connectivity index (χ4v) is 6.46. The highest BCUT2D eigenvalue weighted by Crippen LogP contribution is 2.56. The van der Waals surface area contributed by atoms with E-state index in [1.807, 2.05) is 0 Å². The Balaban J connectivity index is 1.61. The highest BCUT2D eigenvalue weighted by Gasteiger charge is 2.47. The van der Waals surface area contributed by atoms with Crippen LogP contribution in [0, 0.1) is 17.3 Å². The number of hydrogen-bond acceptors (Lipinski definition) is 4. The normalized spacial score (nSPS) is 37.8. The molecule has 0 spiro atoms. The van der Waals surface area contributed by atoms with Gasteiger partial charge in [0, 0.05) is 0 Å². The van der Waals surface area contributed by atoms with Crippen LogP contribution in [0.25, 0.3) is 0 Å². The van der Waals surface area contributed by atoms with Crippen molar-refractivity contribution in [1.82, 2.24) is 0 Å². The van der Waals surface area contributed by atoms with E-state index in [1.165, 1.54) is 57.8 Å². The Morgan fingerprint density at radius 1 is 0.654 bits per heavy atom. The SMILES string of the molecule is CC(O)OC1CCC(C2(C3CCC(OC(C)O)CC3)CCCCC2)CC1. The summed E-state index contributed by atoms with van der Waals surface area (Å²) in [4.78, 5) is 0. The number of aliphatic hydroxyl groups excluding tert-OH is 2. The van der Waals surface area contributed by atoms with Crippen LogP contribution < -0.4 is 0 Å². The molecule has 0 aromatic carbocycles. The van der Waals surface area contributed by atoms with Gasteiger partial charge in [-0.15, -0.1) is 0 Å². The fourth-order valence-electron chi connectivity index (χ4n) is 6.46. The van der Waals surface area contributed by atoms with Crippen molar-refractivity contribution >= 4 is 0 Å². The first kappa shape index (κ1) is 20.6. The molecule has 0 aromatic heterocycles. The number of rotatable bonds is 6. The van der Waals surface area contributed by atoms with Gasteiger partial charge in [-0.3, -0.25) is 0 Å². The lowest BCUT2D eigenvalue weighted by atomic mass is 9.53. The molecule has 2 unspecified atom stereocenters. The van der Waals surface area contributed by atoms with E-state index in [2.05, 4.69) is 0 Å². The van der Waals surface area contributed by atoms with Crippen molar-refractivity contribution in [2.45, 2.75) is 122 Å². The highest BCUT2D eigenvalue weighted by molar-refractivity contribution is 4.97. The Hall–Kier alpha value is -0.160. The first-order valence-corrected chi connectivity index (χ1v) is 11.2. The van der Waals surface area contributed by atoms with Crippen molar-refractivity contribution in [1.29, 1.82) is 0 Å². The molecule has 3 saturated carbocycles. The zero-order valence-electron chi connectivity index (χ0n) is 16.9. The Labute approximate surface area is 159 Å². The van der Waals surface area contributed by atoms with Crippen LogP contribution in [-0.4, -0.2) is 35.0 Å².